The van der Waals surface area contributed by atoms with E-state index in [0.29, 0.717) is 23.7 Å². The summed E-state index contributed by atoms with van der Waals surface area (Å²) in [7, 11) is -3.13. The van der Waals surface area contributed by atoms with Crippen LogP contribution in [0.25, 0.3) is 11.3 Å². The summed E-state index contributed by atoms with van der Waals surface area (Å²) in [5.41, 5.74) is 0.934. The highest BCUT2D eigenvalue weighted by molar-refractivity contribution is 7.91. The van der Waals surface area contributed by atoms with E-state index in [4.69, 9.17) is 11.6 Å². The molecule has 7 nitrogen and oxygen atoms in total. The average Bonchev–Trinajstić information content (AvgIpc) is 3.01. The van der Waals surface area contributed by atoms with Crippen molar-refractivity contribution in [2.75, 3.05) is 18.1 Å². The molecule has 1 aliphatic heterocycles. The van der Waals surface area contributed by atoms with Gasteiger partial charge in [0.25, 0.3) is 5.56 Å². The number of benzene rings is 1. The Kier molecular flexibility index (Phi) is 6.43. The average molecular weight is 438 g/mol. The maximum Gasteiger partial charge on any atom is 0.267 e. The first-order valence-corrected chi connectivity index (χ1v) is 11.7. The van der Waals surface area contributed by atoms with Crippen molar-refractivity contribution in [3.63, 3.8) is 0 Å². The number of sulfone groups is 1. The maximum absolute atomic E-state index is 13.0. The van der Waals surface area contributed by atoms with Crippen LogP contribution in [0.1, 0.15) is 20.3 Å². The van der Waals surface area contributed by atoms with Crippen LogP contribution in [0.4, 0.5) is 0 Å². The van der Waals surface area contributed by atoms with Gasteiger partial charge >= 0.3 is 0 Å². The molecule has 0 spiro atoms. The predicted molar refractivity (Wildman–Crippen MR) is 113 cm³/mol. The van der Waals surface area contributed by atoms with Crippen LogP contribution in [-0.2, 0) is 21.2 Å². The van der Waals surface area contributed by atoms with Crippen LogP contribution in [0.15, 0.2) is 41.2 Å². The van der Waals surface area contributed by atoms with E-state index in [1.807, 2.05) is 13.8 Å². The van der Waals surface area contributed by atoms with Gasteiger partial charge < -0.3 is 4.90 Å². The maximum atomic E-state index is 13.0. The monoisotopic (exact) mass is 437 g/mol. The minimum atomic E-state index is -3.13. The third kappa shape index (κ3) is 5.45. The van der Waals surface area contributed by atoms with E-state index >= 15 is 0 Å². The first-order chi connectivity index (χ1) is 13.6. The fourth-order valence-electron chi connectivity index (χ4n) is 3.42. The van der Waals surface area contributed by atoms with Crippen LogP contribution >= 0.6 is 11.6 Å². The SMILES string of the molecule is CC(C)CN(C(=O)Cn1nc(-c2ccc(Cl)cc2)ccc1=O)[C@@H]1CCS(=O)(=O)C1. The summed E-state index contributed by atoms with van der Waals surface area (Å²) in [5, 5.41) is 4.92. The fourth-order valence-corrected chi connectivity index (χ4v) is 5.28. The van der Waals surface area contributed by atoms with Crippen molar-refractivity contribution < 1.29 is 13.2 Å². The van der Waals surface area contributed by atoms with Crippen molar-refractivity contribution in [1.82, 2.24) is 14.7 Å². The third-order valence-electron chi connectivity index (χ3n) is 4.82. The van der Waals surface area contributed by atoms with Crippen molar-refractivity contribution in [3.8, 4) is 11.3 Å². The number of hydrogen-bond donors (Lipinski definition) is 0. The molecule has 1 aromatic carbocycles. The van der Waals surface area contributed by atoms with Gasteiger partial charge in [0.15, 0.2) is 9.84 Å². The van der Waals surface area contributed by atoms with Crippen LogP contribution in [-0.4, -0.2) is 53.1 Å². The molecule has 0 unspecified atom stereocenters. The minimum Gasteiger partial charge on any atom is -0.337 e. The van der Waals surface area contributed by atoms with Gasteiger partial charge in [-0.3, -0.25) is 9.59 Å². The van der Waals surface area contributed by atoms with Crippen LogP contribution in [0.2, 0.25) is 5.02 Å². The summed E-state index contributed by atoms with van der Waals surface area (Å²) in [5.74, 6) is -0.0708. The Hall–Kier alpha value is -2.19. The zero-order chi connectivity index (χ0) is 21.2. The molecule has 0 radical (unpaired) electrons. The number of carbonyl (C=O) groups is 1. The van der Waals surface area contributed by atoms with E-state index in [-0.39, 0.29) is 41.5 Å². The third-order valence-corrected chi connectivity index (χ3v) is 6.83. The standard InChI is InChI=1S/C20H24ClN3O4S/c1-14(2)11-23(17-9-10-29(27,28)13-17)20(26)12-24-19(25)8-7-18(22-24)15-3-5-16(21)6-4-15/h3-8,14,17H,9-13H2,1-2H3/t17-/m1/s1. The summed E-state index contributed by atoms with van der Waals surface area (Å²) >= 11 is 5.91. The van der Waals surface area contributed by atoms with E-state index in [0.717, 1.165) is 10.2 Å². The molecule has 0 bridgehead atoms. The number of amides is 1. The normalized spacial score (nSPS) is 18.1. The molecule has 1 saturated heterocycles. The molecule has 1 aliphatic rings. The molecule has 29 heavy (non-hydrogen) atoms. The van der Waals surface area contributed by atoms with Gasteiger partial charge in [-0.05, 0) is 30.5 Å². The van der Waals surface area contributed by atoms with E-state index in [1.165, 1.54) is 6.07 Å². The van der Waals surface area contributed by atoms with Gasteiger partial charge in [-0.2, -0.15) is 5.10 Å². The number of rotatable bonds is 6. The molecule has 2 aromatic rings. The lowest BCUT2D eigenvalue weighted by molar-refractivity contribution is -0.134. The fraction of sp³-hybridized carbons (Fsp3) is 0.450. The Morgan fingerprint density at radius 1 is 1.24 bits per heavy atom. The molecule has 1 atom stereocenters. The first-order valence-electron chi connectivity index (χ1n) is 9.48. The van der Waals surface area contributed by atoms with Gasteiger partial charge in [-0.25, -0.2) is 13.1 Å². The molecule has 1 fully saturated rings. The zero-order valence-electron chi connectivity index (χ0n) is 16.4. The number of halogens is 1. The molecule has 0 N–H and O–H groups in total. The smallest absolute Gasteiger partial charge is 0.267 e. The van der Waals surface area contributed by atoms with Crippen molar-refractivity contribution in [2.24, 2.45) is 5.92 Å². The van der Waals surface area contributed by atoms with E-state index in [9.17, 15) is 18.0 Å². The molecule has 1 aromatic heterocycles. The highest BCUT2D eigenvalue weighted by Gasteiger charge is 2.35. The summed E-state index contributed by atoms with van der Waals surface area (Å²) in [4.78, 5) is 26.9. The topological polar surface area (TPSA) is 89.3 Å². The van der Waals surface area contributed by atoms with E-state index in [1.54, 1.807) is 35.2 Å². The van der Waals surface area contributed by atoms with Crippen LogP contribution in [0.5, 0.6) is 0 Å². The largest absolute Gasteiger partial charge is 0.337 e. The molecule has 0 aliphatic carbocycles. The Morgan fingerprint density at radius 3 is 2.52 bits per heavy atom. The molecule has 156 valence electrons. The molecule has 3 rings (SSSR count). The van der Waals surface area contributed by atoms with Crippen molar-refractivity contribution in [2.45, 2.75) is 32.9 Å². The minimum absolute atomic E-state index is 0.0292. The molecule has 1 amide bonds. The highest BCUT2D eigenvalue weighted by Crippen LogP contribution is 2.20. The number of aromatic nitrogens is 2. The lowest BCUT2D eigenvalue weighted by Gasteiger charge is -2.30. The summed E-state index contributed by atoms with van der Waals surface area (Å²) in [6.45, 7) is 4.14. The van der Waals surface area contributed by atoms with E-state index in [2.05, 4.69) is 5.10 Å². The molecule has 2 heterocycles. The van der Waals surface area contributed by atoms with Gasteiger partial charge in [0, 0.05) is 29.2 Å². The lowest BCUT2D eigenvalue weighted by Crippen LogP contribution is -2.46. The van der Waals surface area contributed by atoms with Crippen LogP contribution < -0.4 is 5.56 Å². The molecular weight excluding hydrogens is 414 g/mol. The summed E-state index contributed by atoms with van der Waals surface area (Å²) < 4.78 is 24.9. The molecular formula is C20H24ClN3O4S. The second-order valence-corrected chi connectivity index (χ2v) is 10.4. The zero-order valence-corrected chi connectivity index (χ0v) is 18.0. The quantitative estimate of drug-likeness (QED) is 0.691. The number of hydrogen-bond acceptors (Lipinski definition) is 5. The van der Waals surface area contributed by atoms with Gasteiger partial charge in [0.1, 0.15) is 6.54 Å². The first kappa shape index (κ1) is 21.5. The van der Waals surface area contributed by atoms with Gasteiger partial charge in [0.2, 0.25) is 5.91 Å². The van der Waals surface area contributed by atoms with E-state index < -0.39 is 9.84 Å². The molecule has 9 heteroatoms. The lowest BCUT2D eigenvalue weighted by atomic mass is 10.1. The van der Waals surface area contributed by atoms with Gasteiger partial charge in [-0.1, -0.05) is 37.6 Å². The van der Waals surface area contributed by atoms with Crippen molar-refractivity contribution in [1.29, 1.82) is 0 Å². The van der Waals surface area contributed by atoms with Crippen molar-refractivity contribution >= 4 is 27.3 Å². The Labute approximate surface area is 175 Å². The summed E-state index contributed by atoms with van der Waals surface area (Å²) in [6.07, 6.45) is 0.425. The van der Waals surface area contributed by atoms with Gasteiger partial charge in [-0.15, -0.1) is 0 Å². The van der Waals surface area contributed by atoms with Crippen LogP contribution in [0, 0.1) is 5.92 Å². The Morgan fingerprint density at radius 2 is 1.93 bits per heavy atom. The van der Waals surface area contributed by atoms with Crippen LogP contribution in [0.3, 0.4) is 0 Å². The Bertz CT molecular complexity index is 1050. The second-order valence-electron chi connectivity index (χ2n) is 7.72. The number of carbonyl (C=O) groups excluding carboxylic acids is 1. The summed E-state index contributed by atoms with van der Waals surface area (Å²) in [6, 6.07) is 9.64. The predicted octanol–water partition coefficient (Wildman–Crippen LogP) is 2.24. The van der Waals surface area contributed by atoms with Crippen molar-refractivity contribution in [3.05, 3.63) is 51.8 Å². The molecule has 0 saturated carbocycles. The highest BCUT2D eigenvalue weighted by atomic mass is 35.5. The second kappa shape index (κ2) is 8.67. The number of nitrogens with zero attached hydrogens (tertiary/aromatic N) is 3. The Balaban J connectivity index is 1.84. The van der Waals surface area contributed by atoms with Gasteiger partial charge in [0.05, 0.1) is 17.2 Å².